The molecular formula is C9H7Cl2NO. The van der Waals surface area contributed by atoms with E-state index >= 15 is 0 Å². The average Bonchev–Trinajstić information content (AvgIpc) is 2.39. The monoisotopic (exact) mass is 215 g/mol. The van der Waals surface area contributed by atoms with Gasteiger partial charge in [0.15, 0.2) is 4.96 Å². The van der Waals surface area contributed by atoms with Crippen LogP contribution in [-0.2, 0) is 11.2 Å². The predicted molar refractivity (Wildman–Crippen MR) is 53.1 cm³/mol. The van der Waals surface area contributed by atoms with Crippen LogP contribution < -0.4 is 4.90 Å². The minimum Gasteiger partial charge on any atom is -0.281 e. The zero-order valence-corrected chi connectivity index (χ0v) is 8.22. The van der Waals surface area contributed by atoms with E-state index in [1.165, 1.54) is 4.90 Å². The third kappa shape index (κ3) is 1.40. The van der Waals surface area contributed by atoms with Crippen molar-refractivity contribution in [3.05, 3.63) is 29.8 Å². The number of fused-ring (bicyclic) bond motifs is 1. The zero-order chi connectivity index (χ0) is 9.42. The number of carbonyl (C=O) groups is 1. The summed E-state index contributed by atoms with van der Waals surface area (Å²) in [5.74, 6) is -0.0452. The van der Waals surface area contributed by atoms with E-state index in [4.69, 9.17) is 23.2 Å². The van der Waals surface area contributed by atoms with Gasteiger partial charge >= 0.3 is 0 Å². The molecule has 13 heavy (non-hydrogen) atoms. The molecule has 0 bridgehead atoms. The van der Waals surface area contributed by atoms with Gasteiger partial charge in [0.1, 0.15) is 0 Å². The highest BCUT2D eigenvalue weighted by atomic mass is 35.5. The molecule has 0 N–H and O–H groups in total. The Hall–Kier alpha value is -0.730. The Kier molecular flexibility index (Phi) is 2.18. The van der Waals surface area contributed by atoms with E-state index in [0.717, 1.165) is 11.3 Å². The van der Waals surface area contributed by atoms with Crippen molar-refractivity contribution in [1.29, 1.82) is 0 Å². The Morgan fingerprint density at radius 1 is 1.31 bits per heavy atom. The van der Waals surface area contributed by atoms with Crippen molar-refractivity contribution in [2.45, 2.75) is 11.4 Å². The molecule has 1 aromatic carbocycles. The highest BCUT2D eigenvalue weighted by molar-refractivity contribution is 6.47. The Bertz CT molecular complexity index is 351. The van der Waals surface area contributed by atoms with Crippen LogP contribution in [0.4, 0.5) is 5.69 Å². The fourth-order valence-corrected chi connectivity index (χ4v) is 1.92. The van der Waals surface area contributed by atoms with Crippen LogP contribution in [0.5, 0.6) is 0 Å². The first-order valence-corrected chi connectivity index (χ1v) is 4.75. The summed E-state index contributed by atoms with van der Waals surface area (Å²) in [6.07, 6.45) is 0.395. The maximum Gasteiger partial charge on any atom is 0.233 e. The summed E-state index contributed by atoms with van der Waals surface area (Å²) in [6.45, 7) is 0. The number of para-hydroxylation sites is 1. The summed E-state index contributed by atoms with van der Waals surface area (Å²) in [6, 6.07) is 7.51. The first kappa shape index (κ1) is 8.85. The highest BCUT2D eigenvalue weighted by Gasteiger charge is 2.30. The molecule has 4 heteroatoms. The Morgan fingerprint density at radius 2 is 2.00 bits per heavy atom. The van der Waals surface area contributed by atoms with Gasteiger partial charge < -0.3 is 0 Å². The van der Waals surface area contributed by atoms with E-state index in [2.05, 4.69) is 0 Å². The van der Waals surface area contributed by atoms with Crippen molar-refractivity contribution in [1.82, 2.24) is 0 Å². The summed E-state index contributed by atoms with van der Waals surface area (Å²) in [5, 5.41) is 0. The molecule has 1 aromatic rings. The highest BCUT2D eigenvalue weighted by Crippen LogP contribution is 2.32. The van der Waals surface area contributed by atoms with Gasteiger partial charge in [-0.3, -0.25) is 9.69 Å². The summed E-state index contributed by atoms with van der Waals surface area (Å²) in [4.78, 5) is 12.0. The molecule has 1 aliphatic heterocycles. The molecule has 2 rings (SSSR count). The number of benzene rings is 1. The quantitative estimate of drug-likeness (QED) is 0.521. The van der Waals surface area contributed by atoms with Gasteiger partial charge in [0, 0.05) is 0 Å². The molecular weight excluding hydrogens is 209 g/mol. The minimum atomic E-state index is -0.795. The molecule has 0 aliphatic carbocycles. The number of nitrogens with zero attached hydrogens (tertiary/aromatic N) is 1. The van der Waals surface area contributed by atoms with Gasteiger partial charge in [-0.2, -0.15) is 0 Å². The lowest BCUT2D eigenvalue weighted by Crippen LogP contribution is -2.30. The van der Waals surface area contributed by atoms with Crippen molar-refractivity contribution < 1.29 is 4.79 Å². The van der Waals surface area contributed by atoms with E-state index in [9.17, 15) is 4.79 Å². The van der Waals surface area contributed by atoms with Gasteiger partial charge in [-0.15, -0.1) is 0 Å². The second-order valence-electron chi connectivity index (χ2n) is 2.85. The lowest BCUT2D eigenvalue weighted by molar-refractivity contribution is -0.117. The molecule has 68 valence electrons. The lowest BCUT2D eigenvalue weighted by Gasteiger charge is -2.17. The first-order chi connectivity index (χ1) is 6.20. The van der Waals surface area contributed by atoms with E-state index in [0.29, 0.717) is 6.42 Å². The molecule has 0 radical (unpaired) electrons. The summed E-state index contributed by atoms with van der Waals surface area (Å²) < 4.78 is 0. The van der Waals surface area contributed by atoms with E-state index in [-0.39, 0.29) is 5.91 Å². The van der Waals surface area contributed by atoms with Crippen LogP contribution in [-0.4, -0.2) is 10.9 Å². The van der Waals surface area contributed by atoms with Gasteiger partial charge in [-0.05, 0) is 11.6 Å². The van der Waals surface area contributed by atoms with Crippen molar-refractivity contribution in [2.75, 3.05) is 4.90 Å². The van der Waals surface area contributed by atoms with Crippen molar-refractivity contribution in [2.24, 2.45) is 0 Å². The number of halogens is 2. The van der Waals surface area contributed by atoms with E-state index in [1.54, 1.807) is 0 Å². The third-order valence-electron chi connectivity index (χ3n) is 2.06. The first-order valence-electron chi connectivity index (χ1n) is 3.88. The van der Waals surface area contributed by atoms with Gasteiger partial charge in [0.25, 0.3) is 0 Å². The molecule has 1 aliphatic rings. The van der Waals surface area contributed by atoms with Crippen LogP contribution in [0.1, 0.15) is 5.56 Å². The van der Waals surface area contributed by atoms with Crippen LogP contribution in [0.15, 0.2) is 24.3 Å². The van der Waals surface area contributed by atoms with E-state index < -0.39 is 4.96 Å². The minimum absolute atomic E-state index is 0.0452. The molecule has 0 saturated carbocycles. The van der Waals surface area contributed by atoms with Gasteiger partial charge in [0.2, 0.25) is 5.91 Å². The number of carbonyl (C=O) groups excluding carboxylic acids is 1. The molecule has 1 amide bonds. The largest absolute Gasteiger partial charge is 0.281 e. The van der Waals surface area contributed by atoms with Crippen molar-refractivity contribution >= 4 is 34.8 Å². The Morgan fingerprint density at radius 3 is 2.69 bits per heavy atom. The Labute approximate surface area is 86.0 Å². The van der Waals surface area contributed by atoms with Crippen molar-refractivity contribution in [3.8, 4) is 0 Å². The van der Waals surface area contributed by atoms with Crippen LogP contribution in [0.3, 0.4) is 0 Å². The fraction of sp³-hybridized carbons (Fsp3) is 0.222. The summed E-state index contributed by atoms with van der Waals surface area (Å²) in [5.41, 5.74) is 1.81. The molecule has 0 spiro atoms. The average molecular weight is 216 g/mol. The number of anilines is 1. The van der Waals surface area contributed by atoms with Gasteiger partial charge in [0.05, 0.1) is 12.1 Å². The maximum absolute atomic E-state index is 11.4. The van der Waals surface area contributed by atoms with Crippen LogP contribution in [0, 0.1) is 0 Å². The summed E-state index contributed by atoms with van der Waals surface area (Å²) >= 11 is 11.4. The number of alkyl halides is 2. The standard InChI is InChI=1S/C9H7Cl2NO/c10-9(11)12-7-4-2-1-3-6(7)5-8(12)13/h1-4,9H,5H2. The molecule has 0 unspecified atom stereocenters. The third-order valence-corrected chi connectivity index (χ3v) is 2.45. The number of amides is 1. The molecule has 0 saturated heterocycles. The molecule has 0 atom stereocenters. The molecule has 1 heterocycles. The smallest absolute Gasteiger partial charge is 0.233 e. The maximum atomic E-state index is 11.4. The SMILES string of the molecule is O=C1Cc2ccccc2N1C(Cl)Cl. The normalized spacial score (nSPS) is 15.3. The number of hydrogen-bond acceptors (Lipinski definition) is 1. The van der Waals surface area contributed by atoms with Gasteiger partial charge in [-0.1, -0.05) is 41.4 Å². The predicted octanol–water partition coefficient (Wildman–Crippen LogP) is 2.34. The topological polar surface area (TPSA) is 20.3 Å². The molecule has 0 aromatic heterocycles. The van der Waals surface area contributed by atoms with Crippen molar-refractivity contribution in [3.63, 3.8) is 0 Å². The number of rotatable bonds is 1. The zero-order valence-electron chi connectivity index (χ0n) is 6.71. The second kappa shape index (κ2) is 3.20. The van der Waals surface area contributed by atoms with Crippen LogP contribution >= 0.6 is 23.2 Å². The Balaban J connectivity index is 2.46. The van der Waals surface area contributed by atoms with Crippen LogP contribution in [0.25, 0.3) is 0 Å². The van der Waals surface area contributed by atoms with Crippen LogP contribution in [0.2, 0.25) is 0 Å². The molecule has 0 fully saturated rings. The lowest BCUT2D eigenvalue weighted by atomic mass is 10.2. The summed E-state index contributed by atoms with van der Waals surface area (Å²) in [7, 11) is 0. The number of hydrogen-bond donors (Lipinski definition) is 0. The van der Waals surface area contributed by atoms with E-state index in [1.807, 2.05) is 24.3 Å². The fourth-order valence-electron chi connectivity index (χ4n) is 1.49. The van der Waals surface area contributed by atoms with Gasteiger partial charge in [-0.25, -0.2) is 0 Å². The second-order valence-corrected chi connectivity index (χ2v) is 3.90. The molecule has 2 nitrogen and oxygen atoms in total.